The Morgan fingerprint density at radius 2 is 2.09 bits per heavy atom. The molecule has 0 saturated heterocycles. The summed E-state index contributed by atoms with van der Waals surface area (Å²) in [6.07, 6.45) is 1.29. The molecule has 9 nitrogen and oxygen atoms in total. The minimum absolute atomic E-state index is 0.00484. The summed E-state index contributed by atoms with van der Waals surface area (Å²) >= 11 is 0. The van der Waals surface area contributed by atoms with Crippen molar-refractivity contribution in [3.63, 3.8) is 0 Å². The molecule has 0 spiro atoms. The van der Waals surface area contributed by atoms with Crippen LogP contribution in [-0.2, 0) is 4.79 Å². The van der Waals surface area contributed by atoms with Gasteiger partial charge in [0.05, 0.1) is 4.92 Å². The zero-order valence-corrected chi connectivity index (χ0v) is 12.4. The van der Waals surface area contributed by atoms with Gasteiger partial charge in [-0.05, 0) is 31.5 Å². The van der Waals surface area contributed by atoms with Gasteiger partial charge in [0.15, 0.2) is 0 Å². The van der Waals surface area contributed by atoms with Gasteiger partial charge in [-0.15, -0.1) is 0 Å². The second-order valence-electron chi connectivity index (χ2n) is 4.91. The second-order valence-corrected chi connectivity index (χ2v) is 4.91. The van der Waals surface area contributed by atoms with Gasteiger partial charge in [-0.25, -0.2) is 9.48 Å². The molecule has 1 amide bonds. The average Bonchev–Trinajstić information content (AvgIpc) is 2.97. The van der Waals surface area contributed by atoms with E-state index in [2.05, 4.69) is 10.4 Å². The first kappa shape index (κ1) is 16.1. The molecule has 0 aliphatic carbocycles. The van der Waals surface area contributed by atoms with Gasteiger partial charge in [-0.2, -0.15) is 5.10 Å². The molecule has 0 bridgehead atoms. The Hall–Kier alpha value is -3.23. The number of carboxylic acids is 1. The molecule has 0 aliphatic rings. The van der Waals surface area contributed by atoms with E-state index in [1.54, 1.807) is 13.0 Å². The summed E-state index contributed by atoms with van der Waals surface area (Å²) in [4.78, 5) is 33.8. The number of carbonyl (C=O) groups excluding carboxylic acids is 1. The number of aryl methyl sites for hydroxylation is 1. The Balaban J connectivity index is 2.33. The van der Waals surface area contributed by atoms with E-state index in [1.807, 2.05) is 0 Å². The van der Waals surface area contributed by atoms with Crippen molar-refractivity contribution in [2.75, 3.05) is 5.32 Å². The van der Waals surface area contributed by atoms with Gasteiger partial charge in [0, 0.05) is 12.3 Å². The highest BCUT2D eigenvalue weighted by molar-refractivity contribution is 6.04. The molecule has 0 fully saturated rings. The molecule has 1 aromatic carbocycles. The highest BCUT2D eigenvalue weighted by atomic mass is 16.6. The predicted molar refractivity (Wildman–Crippen MR) is 80.4 cm³/mol. The van der Waals surface area contributed by atoms with Crippen LogP contribution in [0.4, 0.5) is 11.4 Å². The number of nitrogens with one attached hydrogen (secondary N) is 1. The molecule has 0 radical (unpaired) electrons. The topological polar surface area (TPSA) is 127 Å². The summed E-state index contributed by atoms with van der Waals surface area (Å²) in [5.41, 5.74) is 0.464. The summed E-state index contributed by atoms with van der Waals surface area (Å²) in [6, 6.07) is 4.69. The number of anilines is 1. The third-order valence-corrected chi connectivity index (χ3v) is 3.23. The molecule has 1 unspecified atom stereocenters. The van der Waals surface area contributed by atoms with E-state index < -0.39 is 22.8 Å². The van der Waals surface area contributed by atoms with Crippen molar-refractivity contribution in [3.05, 3.63) is 51.8 Å². The summed E-state index contributed by atoms with van der Waals surface area (Å²) in [5, 5.41) is 26.3. The highest BCUT2D eigenvalue weighted by Gasteiger charge is 2.23. The molecule has 120 valence electrons. The molecule has 9 heteroatoms. The van der Waals surface area contributed by atoms with E-state index >= 15 is 0 Å². The Morgan fingerprint density at radius 3 is 2.70 bits per heavy atom. The lowest BCUT2D eigenvalue weighted by atomic mass is 10.2. The monoisotopic (exact) mass is 318 g/mol. The highest BCUT2D eigenvalue weighted by Crippen LogP contribution is 2.26. The quantitative estimate of drug-likeness (QED) is 0.641. The third kappa shape index (κ3) is 3.34. The van der Waals surface area contributed by atoms with Crippen LogP contribution in [0.1, 0.15) is 29.0 Å². The van der Waals surface area contributed by atoms with Crippen LogP contribution in [0.25, 0.3) is 0 Å². The van der Waals surface area contributed by atoms with Crippen molar-refractivity contribution in [1.82, 2.24) is 9.78 Å². The lowest BCUT2D eigenvalue weighted by molar-refractivity contribution is -0.384. The summed E-state index contributed by atoms with van der Waals surface area (Å²) in [7, 11) is 0. The van der Waals surface area contributed by atoms with Crippen molar-refractivity contribution in [3.8, 4) is 0 Å². The van der Waals surface area contributed by atoms with Crippen LogP contribution >= 0.6 is 0 Å². The molecule has 2 aromatic rings. The molecular weight excluding hydrogens is 304 g/mol. The van der Waals surface area contributed by atoms with Crippen LogP contribution in [0.5, 0.6) is 0 Å². The van der Waals surface area contributed by atoms with E-state index in [-0.39, 0.29) is 17.1 Å². The molecule has 0 aliphatic heterocycles. The molecule has 2 rings (SSSR count). The fourth-order valence-electron chi connectivity index (χ4n) is 1.99. The van der Waals surface area contributed by atoms with Crippen LogP contribution in [-0.4, -0.2) is 31.7 Å². The molecule has 0 saturated carbocycles. The van der Waals surface area contributed by atoms with Crippen LogP contribution in [0.3, 0.4) is 0 Å². The number of benzene rings is 1. The second kappa shape index (κ2) is 6.26. The van der Waals surface area contributed by atoms with Crippen molar-refractivity contribution in [2.45, 2.75) is 19.9 Å². The fraction of sp³-hybridized carbons (Fsp3) is 0.214. The van der Waals surface area contributed by atoms with Gasteiger partial charge < -0.3 is 10.4 Å². The van der Waals surface area contributed by atoms with Crippen LogP contribution in [0.2, 0.25) is 0 Å². The van der Waals surface area contributed by atoms with Gasteiger partial charge in [0.2, 0.25) is 0 Å². The molecule has 23 heavy (non-hydrogen) atoms. The normalized spacial score (nSPS) is 11.7. The number of aromatic nitrogens is 2. The molecular formula is C14H14N4O5. The number of aliphatic carboxylic acids is 1. The van der Waals surface area contributed by atoms with Gasteiger partial charge in [0.25, 0.3) is 11.6 Å². The van der Waals surface area contributed by atoms with Crippen molar-refractivity contribution >= 4 is 23.3 Å². The van der Waals surface area contributed by atoms with E-state index in [1.165, 1.54) is 31.3 Å². The van der Waals surface area contributed by atoms with E-state index in [0.29, 0.717) is 5.56 Å². The van der Waals surface area contributed by atoms with E-state index in [9.17, 15) is 19.7 Å². The van der Waals surface area contributed by atoms with Gasteiger partial charge >= 0.3 is 5.97 Å². The molecule has 1 heterocycles. The third-order valence-electron chi connectivity index (χ3n) is 3.23. The number of carbonyl (C=O) groups is 2. The van der Waals surface area contributed by atoms with Crippen molar-refractivity contribution < 1.29 is 19.6 Å². The van der Waals surface area contributed by atoms with E-state index in [4.69, 9.17) is 5.11 Å². The Morgan fingerprint density at radius 1 is 1.39 bits per heavy atom. The van der Waals surface area contributed by atoms with Gasteiger partial charge in [-0.3, -0.25) is 14.9 Å². The number of nitro benzene ring substituents is 1. The van der Waals surface area contributed by atoms with Gasteiger partial charge in [0.1, 0.15) is 17.4 Å². The largest absolute Gasteiger partial charge is 0.480 e. The minimum atomic E-state index is -1.15. The SMILES string of the molecule is Cc1ccc(NC(=O)c2ccnn2C(C)C(=O)O)c([N+](=O)[O-])c1. The maximum absolute atomic E-state index is 12.3. The molecule has 2 N–H and O–H groups in total. The molecule has 1 aromatic heterocycles. The number of nitrogens with zero attached hydrogens (tertiary/aromatic N) is 3. The molecule has 1 atom stereocenters. The van der Waals surface area contributed by atoms with Crippen molar-refractivity contribution in [1.29, 1.82) is 0 Å². The maximum Gasteiger partial charge on any atom is 0.328 e. The Labute approximate surface area is 130 Å². The Bertz CT molecular complexity index is 783. The maximum atomic E-state index is 12.3. The zero-order chi connectivity index (χ0) is 17.1. The van der Waals surface area contributed by atoms with Crippen LogP contribution in [0.15, 0.2) is 30.5 Å². The first-order valence-electron chi connectivity index (χ1n) is 6.64. The van der Waals surface area contributed by atoms with Crippen LogP contribution in [0, 0.1) is 17.0 Å². The number of hydrogen-bond donors (Lipinski definition) is 2. The summed E-state index contributed by atoms with van der Waals surface area (Å²) in [6.45, 7) is 3.07. The smallest absolute Gasteiger partial charge is 0.328 e. The van der Waals surface area contributed by atoms with Crippen molar-refractivity contribution in [2.24, 2.45) is 0 Å². The number of hydrogen-bond acceptors (Lipinski definition) is 5. The predicted octanol–water partition coefficient (Wildman–Crippen LogP) is 2.00. The summed E-state index contributed by atoms with van der Waals surface area (Å²) < 4.78 is 1.04. The minimum Gasteiger partial charge on any atom is -0.480 e. The average molecular weight is 318 g/mol. The van der Waals surface area contributed by atoms with E-state index in [0.717, 1.165) is 4.68 Å². The lowest BCUT2D eigenvalue weighted by Crippen LogP contribution is -2.24. The number of amides is 1. The lowest BCUT2D eigenvalue weighted by Gasteiger charge is -2.12. The first-order chi connectivity index (χ1) is 10.8. The van der Waals surface area contributed by atoms with Crippen LogP contribution < -0.4 is 5.32 Å². The fourth-order valence-corrected chi connectivity index (χ4v) is 1.99. The number of rotatable bonds is 5. The number of nitro groups is 1. The van der Waals surface area contributed by atoms with Gasteiger partial charge in [-0.1, -0.05) is 6.07 Å². The zero-order valence-electron chi connectivity index (χ0n) is 12.4. The summed E-state index contributed by atoms with van der Waals surface area (Å²) in [5.74, 6) is -1.83. The number of carboxylic acid groups (broad SMARTS) is 1. The first-order valence-corrected chi connectivity index (χ1v) is 6.64. The Kier molecular flexibility index (Phi) is 4.39. The standard InChI is InChI=1S/C14H14N4O5/c1-8-3-4-10(12(7-8)18(22)23)16-13(19)11-5-6-15-17(11)9(2)14(20)21/h3-7,9H,1-2H3,(H,16,19)(H,20,21).